The van der Waals surface area contributed by atoms with Gasteiger partial charge in [0.1, 0.15) is 0 Å². The van der Waals surface area contributed by atoms with Crippen molar-refractivity contribution in [3.63, 3.8) is 0 Å². The summed E-state index contributed by atoms with van der Waals surface area (Å²) >= 11 is 9.41. The molecule has 2 aromatic rings. The Balaban J connectivity index is 2.25. The van der Waals surface area contributed by atoms with Gasteiger partial charge in [-0.05, 0) is 54.0 Å². The van der Waals surface area contributed by atoms with Crippen molar-refractivity contribution in [2.24, 2.45) is 0 Å². The Kier molecular flexibility index (Phi) is 5.79. The van der Waals surface area contributed by atoms with E-state index in [0.717, 1.165) is 23.0 Å². The summed E-state index contributed by atoms with van der Waals surface area (Å²) in [5, 5.41) is 8.16. The summed E-state index contributed by atoms with van der Waals surface area (Å²) in [6.07, 6.45) is 0.945. The second-order valence-corrected chi connectivity index (χ2v) is 6.21. The fourth-order valence-corrected chi connectivity index (χ4v) is 2.84. The van der Waals surface area contributed by atoms with Crippen molar-refractivity contribution in [2.45, 2.75) is 39.2 Å². The highest BCUT2D eigenvalue weighted by Gasteiger charge is 2.23. The molecule has 0 bridgehead atoms. The monoisotopic (exact) mass is 371 g/mol. The molecule has 2 unspecified atom stereocenters. The van der Waals surface area contributed by atoms with Gasteiger partial charge < -0.3 is 9.84 Å². The Hall–Kier alpha value is -0.910. The lowest BCUT2D eigenvalue weighted by Gasteiger charge is -2.19. The number of hydrogen-bond donors (Lipinski definition) is 1. The van der Waals surface area contributed by atoms with Crippen molar-refractivity contribution in [3.05, 3.63) is 33.6 Å². The zero-order valence-electron chi connectivity index (χ0n) is 12.4. The van der Waals surface area contributed by atoms with Crippen molar-refractivity contribution >= 4 is 27.5 Å². The van der Waals surface area contributed by atoms with Gasteiger partial charge in [-0.3, -0.25) is 0 Å². The van der Waals surface area contributed by atoms with Gasteiger partial charge >= 0.3 is 0 Å². The number of benzene rings is 1. The minimum Gasteiger partial charge on any atom is -0.339 e. The van der Waals surface area contributed by atoms with E-state index in [1.165, 1.54) is 0 Å². The largest absolute Gasteiger partial charge is 0.339 e. The van der Waals surface area contributed by atoms with E-state index in [2.05, 4.69) is 52.2 Å². The maximum absolute atomic E-state index is 6.00. The summed E-state index contributed by atoms with van der Waals surface area (Å²) < 4.78 is 6.28. The van der Waals surface area contributed by atoms with Crippen LogP contribution in [0.25, 0.3) is 11.4 Å². The van der Waals surface area contributed by atoms with E-state index in [4.69, 9.17) is 16.1 Å². The fraction of sp³-hybridized carbons (Fsp3) is 0.467. The molecule has 0 fully saturated rings. The highest BCUT2D eigenvalue weighted by molar-refractivity contribution is 9.10. The Labute approximate surface area is 138 Å². The maximum Gasteiger partial charge on any atom is 0.231 e. The van der Waals surface area contributed by atoms with Crippen molar-refractivity contribution in [3.8, 4) is 11.4 Å². The average Bonchev–Trinajstić information content (AvgIpc) is 2.92. The highest BCUT2D eigenvalue weighted by Crippen LogP contribution is 2.29. The number of rotatable bonds is 6. The second-order valence-electron chi connectivity index (χ2n) is 4.95. The van der Waals surface area contributed by atoms with E-state index in [1.54, 1.807) is 0 Å². The van der Waals surface area contributed by atoms with E-state index < -0.39 is 0 Å². The lowest BCUT2D eigenvalue weighted by Crippen LogP contribution is -2.31. The molecular formula is C15H19BrClN3O. The Morgan fingerprint density at radius 3 is 2.76 bits per heavy atom. The summed E-state index contributed by atoms with van der Waals surface area (Å²) in [4.78, 5) is 4.54. The predicted molar refractivity (Wildman–Crippen MR) is 88.6 cm³/mol. The van der Waals surface area contributed by atoms with Crippen LogP contribution in [0.15, 0.2) is 27.2 Å². The molecule has 21 heavy (non-hydrogen) atoms. The van der Waals surface area contributed by atoms with Crippen LogP contribution in [-0.2, 0) is 0 Å². The van der Waals surface area contributed by atoms with Crippen LogP contribution in [0.4, 0.5) is 0 Å². The van der Waals surface area contributed by atoms with Gasteiger partial charge in [0, 0.05) is 16.1 Å². The molecule has 1 heterocycles. The molecule has 6 heteroatoms. The second kappa shape index (κ2) is 7.38. The van der Waals surface area contributed by atoms with Crippen molar-refractivity contribution < 1.29 is 4.52 Å². The number of halogens is 2. The van der Waals surface area contributed by atoms with Crippen LogP contribution in [0.3, 0.4) is 0 Å². The molecule has 4 nitrogen and oxygen atoms in total. The minimum absolute atomic E-state index is 0.210. The van der Waals surface area contributed by atoms with E-state index in [9.17, 15) is 0 Å². The van der Waals surface area contributed by atoms with Crippen LogP contribution in [0.1, 0.15) is 39.0 Å². The Morgan fingerprint density at radius 2 is 2.14 bits per heavy atom. The van der Waals surface area contributed by atoms with E-state index in [1.807, 2.05) is 18.2 Å². The van der Waals surface area contributed by atoms with E-state index >= 15 is 0 Å². The summed E-state index contributed by atoms with van der Waals surface area (Å²) in [6, 6.07) is 5.89. The number of aromatic nitrogens is 2. The lowest BCUT2D eigenvalue weighted by atomic mass is 9.98. The number of nitrogens with zero attached hydrogens (tertiary/aromatic N) is 2. The standard InChI is InChI=1S/C15H19BrClN3O/c1-4-11(9(3)18-5-2)15-19-14(20-21-15)10-6-7-13(17)12(16)8-10/h6-9,11,18H,4-5H2,1-3H3. The topological polar surface area (TPSA) is 51.0 Å². The third-order valence-electron chi connectivity index (χ3n) is 3.51. The van der Waals surface area contributed by atoms with Crippen molar-refractivity contribution in [1.82, 2.24) is 15.5 Å². The van der Waals surface area contributed by atoms with Gasteiger partial charge in [-0.15, -0.1) is 0 Å². The van der Waals surface area contributed by atoms with Crippen molar-refractivity contribution in [1.29, 1.82) is 0 Å². The Morgan fingerprint density at radius 1 is 1.38 bits per heavy atom. The summed E-state index contributed by atoms with van der Waals surface area (Å²) in [7, 11) is 0. The first-order valence-corrected chi connectivity index (χ1v) is 8.26. The zero-order chi connectivity index (χ0) is 15.4. The van der Waals surface area contributed by atoms with Crippen LogP contribution in [0.5, 0.6) is 0 Å². The van der Waals surface area contributed by atoms with Gasteiger partial charge in [-0.2, -0.15) is 4.98 Å². The smallest absolute Gasteiger partial charge is 0.231 e. The third kappa shape index (κ3) is 3.84. The first-order chi connectivity index (χ1) is 10.1. The Bertz CT molecular complexity index is 602. The molecule has 0 saturated carbocycles. The summed E-state index contributed by atoms with van der Waals surface area (Å²) in [5.41, 5.74) is 0.882. The van der Waals surface area contributed by atoms with Crippen LogP contribution in [0, 0.1) is 0 Å². The normalized spacial score (nSPS) is 14.1. The highest BCUT2D eigenvalue weighted by atomic mass is 79.9. The van der Waals surface area contributed by atoms with Crippen molar-refractivity contribution in [2.75, 3.05) is 6.54 Å². The van der Waals surface area contributed by atoms with Gasteiger partial charge in [0.2, 0.25) is 11.7 Å². The molecule has 1 aromatic heterocycles. The molecule has 0 aliphatic carbocycles. The number of nitrogens with one attached hydrogen (secondary N) is 1. The zero-order valence-corrected chi connectivity index (χ0v) is 14.7. The molecule has 2 atom stereocenters. The molecule has 114 valence electrons. The van der Waals surface area contributed by atoms with Gasteiger partial charge in [0.15, 0.2) is 0 Å². The molecule has 0 saturated heterocycles. The SMILES string of the molecule is CCNC(C)C(CC)c1nc(-c2ccc(Cl)c(Br)c2)no1. The molecule has 0 spiro atoms. The van der Waals surface area contributed by atoms with Gasteiger partial charge in [0.25, 0.3) is 0 Å². The number of hydrogen-bond acceptors (Lipinski definition) is 4. The number of likely N-dealkylation sites (N-methyl/N-ethyl adjacent to an activating group) is 1. The fourth-order valence-electron chi connectivity index (χ4n) is 2.34. The van der Waals surface area contributed by atoms with Gasteiger partial charge in [0.05, 0.1) is 10.9 Å². The first kappa shape index (κ1) is 16.5. The van der Waals surface area contributed by atoms with Crippen LogP contribution in [0.2, 0.25) is 5.02 Å². The molecule has 0 amide bonds. The molecule has 0 aliphatic heterocycles. The molecule has 0 radical (unpaired) electrons. The summed E-state index contributed by atoms with van der Waals surface area (Å²) in [6.45, 7) is 7.28. The maximum atomic E-state index is 6.00. The lowest BCUT2D eigenvalue weighted by molar-refractivity contribution is 0.318. The van der Waals surface area contributed by atoms with E-state index in [0.29, 0.717) is 22.8 Å². The molecule has 1 N–H and O–H groups in total. The molecular weight excluding hydrogens is 354 g/mol. The van der Waals surface area contributed by atoms with E-state index in [-0.39, 0.29) is 5.92 Å². The van der Waals surface area contributed by atoms with Gasteiger partial charge in [-0.1, -0.05) is 30.6 Å². The third-order valence-corrected chi connectivity index (χ3v) is 4.72. The van der Waals surface area contributed by atoms with Crippen LogP contribution in [-0.4, -0.2) is 22.7 Å². The van der Waals surface area contributed by atoms with Crippen LogP contribution >= 0.6 is 27.5 Å². The summed E-state index contributed by atoms with van der Waals surface area (Å²) in [5.74, 6) is 1.47. The predicted octanol–water partition coefficient (Wildman–Crippen LogP) is 4.64. The molecule has 2 rings (SSSR count). The van der Waals surface area contributed by atoms with Gasteiger partial charge in [-0.25, -0.2) is 0 Å². The molecule has 0 aliphatic rings. The minimum atomic E-state index is 0.210. The first-order valence-electron chi connectivity index (χ1n) is 7.09. The molecule has 1 aromatic carbocycles. The van der Waals surface area contributed by atoms with Crippen LogP contribution < -0.4 is 5.32 Å². The quantitative estimate of drug-likeness (QED) is 0.802. The average molecular weight is 373 g/mol.